The summed E-state index contributed by atoms with van der Waals surface area (Å²) in [6.45, 7) is 0.992. The molecule has 21 heavy (non-hydrogen) atoms. The molecule has 3 nitrogen and oxygen atoms in total. The second kappa shape index (κ2) is 6.47. The van der Waals surface area contributed by atoms with E-state index in [1.165, 1.54) is 25.7 Å². The number of hydrogen-bond acceptors (Lipinski definition) is 3. The molecule has 0 radical (unpaired) electrons. The van der Waals surface area contributed by atoms with E-state index in [9.17, 15) is 0 Å². The second-order valence-electron chi connectivity index (χ2n) is 5.64. The number of alkyl halides is 1. The molecule has 0 atom stereocenters. The summed E-state index contributed by atoms with van der Waals surface area (Å²) in [5.41, 5.74) is 1.94. The lowest BCUT2D eigenvalue weighted by Gasteiger charge is -2.28. The van der Waals surface area contributed by atoms with Crippen LogP contribution in [0.5, 0.6) is 0 Å². The van der Waals surface area contributed by atoms with Gasteiger partial charge < -0.3 is 4.57 Å². The van der Waals surface area contributed by atoms with Gasteiger partial charge >= 0.3 is 0 Å². The van der Waals surface area contributed by atoms with Gasteiger partial charge in [-0.25, -0.2) is 9.97 Å². The van der Waals surface area contributed by atoms with Gasteiger partial charge in [-0.3, -0.25) is 0 Å². The van der Waals surface area contributed by atoms with E-state index in [1.807, 2.05) is 24.0 Å². The molecule has 0 saturated heterocycles. The first-order valence-electron chi connectivity index (χ1n) is 7.29. The van der Waals surface area contributed by atoms with Crippen molar-refractivity contribution in [3.63, 3.8) is 0 Å². The van der Waals surface area contributed by atoms with Gasteiger partial charge in [0.05, 0.1) is 0 Å². The zero-order valence-electron chi connectivity index (χ0n) is 12.1. The van der Waals surface area contributed by atoms with Crippen LogP contribution >= 0.6 is 39.3 Å². The number of nitrogens with zero attached hydrogens (tertiary/aromatic N) is 3. The molecular formula is C15H19BrClN3S. The summed E-state index contributed by atoms with van der Waals surface area (Å²) in [4.78, 5) is 9.34. The van der Waals surface area contributed by atoms with Gasteiger partial charge in [0.2, 0.25) is 0 Å². The van der Waals surface area contributed by atoms with Gasteiger partial charge in [0, 0.05) is 34.3 Å². The van der Waals surface area contributed by atoms with Crippen LogP contribution in [0.25, 0.3) is 11.2 Å². The van der Waals surface area contributed by atoms with Crippen LogP contribution < -0.4 is 0 Å². The number of aromatic nitrogens is 3. The molecule has 114 valence electrons. The average molecular weight is 389 g/mol. The van der Waals surface area contributed by atoms with Crippen LogP contribution in [0.15, 0.2) is 16.7 Å². The van der Waals surface area contributed by atoms with Gasteiger partial charge in [-0.1, -0.05) is 12.8 Å². The van der Waals surface area contributed by atoms with E-state index in [1.54, 1.807) is 0 Å². The number of aryl methyl sites for hydroxylation is 1. The van der Waals surface area contributed by atoms with E-state index >= 15 is 0 Å². The molecule has 2 aromatic rings. The van der Waals surface area contributed by atoms with Crippen LogP contribution in [-0.4, -0.2) is 31.4 Å². The van der Waals surface area contributed by atoms with Crippen molar-refractivity contribution < 1.29 is 0 Å². The first-order chi connectivity index (χ1) is 10.2. The maximum atomic E-state index is 5.96. The minimum atomic E-state index is 0.337. The van der Waals surface area contributed by atoms with Crippen molar-refractivity contribution in [3.05, 3.63) is 22.6 Å². The molecule has 0 bridgehead atoms. The standard InChI is InChI=1S/C15H19BrClN3S/c1-21-15(5-2-3-6-15)10-20-13(4-7-17)19-12-8-11(16)9-18-14(12)20/h8-9H,2-7,10H2,1H3. The number of imidazole rings is 1. The van der Waals surface area contributed by atoms with Crippen LogP contribution in [0.2, 0.25) is 0 Å². The lowest BCUT2D eigenvalue weighted by molar-refractivity contribution is 0.500. The summed E-state index contributed by atoms with van der Waals surface area (Å²) in [7, 11) is 0. The monoisotopic (exact) mass is 387 g/mol. The minimum absolute atomic E-state index is 0.337. The summed E-state index contributed by atoms with van der Waals surface area (Å²) in [6, 6.07) is 2.04. The Morgan fingerprint density at radius 2 is 2.19 bits per heavy atom. The fourth-order valence-electron chi connectivity index (χ4n) is 3.21. The van der Waals surface area contributed by atoms with Crippen molar-refractivity contribution >= 4 is 50.5 Å². The van der Waals surface area contributed by atoms with E-state index in [-0.39, 0.29) is 0 Å². The molecule has 2 aromatic heterocycles. The largest absolute Gasteiger partial charge is 0.311 e. The average Bonchev–Trinajstić information content (AvgIpc) is 3.06. The number of halogens is 2. The normalized spacial score (nSPS) is 17.7. The maximum Gasteiger partial charge on any atom is 0.160 e. The molecule has 0 spiro atoms. The predicted molar refractivity (Wildman–Crippen MR) is 94.4 cm³/mol. The summed E-state index contributed by atoms with van der Waals surface area (Å²) in [5, 5.41) is 0. The molecule has 1 saturated carbocycles. The van der Waals surface area contributed by atoms with Crippen LogP contribution in [0.1, 0.15) is 31.5 Å². The van der Waals surface area contributed by atoms with Crippen molar-refractivity contribution in [3.8, 4) is 0 Å². The number of thioether (sulfide) groups is 1. The smallest absolute Gasteiger partial charge is 0.160 e. The third-order valence-corrected chi connectivity index (χ3v) is 6.37. The highest BCUT2D eigenvalue weighted by molar-refractivity contribution is 9.10. The van der Waals surface area contributed by atoms with Crippen LogP contribution in [0.3, 0.4) is 0 Å². The van der Waals surface area contributed by atoms with Crippen molar-refractivity contribution in [2.24, 2.45) is 0 Å². The lowest BCUT2D eigenvalue weighted by atomic mass is 10.1. The Balaban J connectivity index is 2.04. The zero-order chi connectivity index (χ0) is 14.9. The van der Waals surface area contributed by atoms with E-state index in [2.05, 4.69) is 31.7 Å². The molecule has 6 heteroatoms. The Hall–Kier alpha value is -0.260. The molecule has 0 unspecified atom stereocenters. The summed E-state index contributed by atoms with van der Waals surface area (Å²) >= 11 is 11.4. The number of hydrogen-bond donors (Lipinski definition) is 0. The highest BCUT2D eigenvalue weighted by Crippen LogP contribution is 2.42. The molecule has 1 aliphatic carbocycles. The second-order valence-corrected chi connectivity index (χ2v) is 8.21. The van der Waals surface area contributed by atoms with Gasteiger partial charge in [-0.2, -0.15) is 11.8 Å². The first-order valence-corrected chi connectivity index (χ1v) is 9.84. The Morgan fingerprint density at radius 3 is 2.86 bits per heavy atom. The Bertz CT molecular complexity index is 637. The van der Waals surface area contributed by atoms with Crippen LogP contribution in [-0.2, 0) is 13.0 Å². The predicted octanol–water partition coefficient (Wildman–Crippen LogP) is 4.65. The van der Waals surface area contributed by atoms with E-state index in [0.717, 1.165) is 34.4 Å². The number of rotatable bonds is 5. The van der Waals surface area contributed by atoms with Gasteiger partial charge in [0.25, 0.3) is 0 Å². The zero-order valence-corrected chi connectivity index (χ0v) is 15.3. The third-order valence-electron chi connectivity index (χ3n) is 4.34. The van der Waals surface area contributed by atoms with Crippen molar-refractivity contribution in [2.45, 2.75) is 43.4 Å². The Labute approximate surface area is 143 Å². The summed E-state index contributed by atoms with van der Waals surface area (Å²) in [6.07, 6.45) is 10.1. The molecule has 0 aromatic carbocycles. The molecule has 3 rings (SSSR count). The molecule has 1 fully saturated rings. The van der Waals surface area contributed by atoms with Gasteiger partial charge in [-0.15, -0.1) is 11.6 Å². The van der Waals surface area contributed by atoms with E-state index in [4.69, 9.17) is 16.6 Å². The van der Waals surface area contributed by atoms with Crippen LogP contribution in [0.4, 0.5) is 0 Å². The Morgan fingerprint density at radius 1 is 1.43 bits per heavy atom. The molecule has 1 aliphatic rings. The third kappa shape index (κ3) is 3.10. The fourth-order valence-corrected chi connectivity index (χ4v) is 4.65. The van der Waals surface area contributed by atoms with Gasteiger partial charge in [0.15, 0.2) is 5.65 Å². The fraction of sp³-hybridized carbons (Fsp3) is 0.600. The quantitative estimate of drug-likeness (QED) is 0.698. The van der Waals surface area contributed by atoms with Crippen molar-refractivity contribution in [1.29, 1.82) is 0 Å². The van der Waals surface area contributed by atoms with E-state index in [0.29, 0.717) is 10.6 Å². The van der Waals surface area contributed by atoms with Gasteiger partial charge in [-0.05, 0) is 41.1 Å². The number of fused-ring (bicyclic) bond motifs is 1. The highest BCUT2D eigenvalue weighted by atomic mass is 79.9. The lowest BCUT2D eigenvalue weighted by Crippen LogP contribution is -2.28. The molecule has 0 aliphatic heterocycles. The number of pyridine rings is 1. The molecule has 0 N–H and O–H groups in total. The van der Waals surface area contributed by atoms with Gasteiger partial charge in [0.1, 0.15) is 11.3 Å². The maximum absolute atomic E-state index is 5.96. The molecular weight excluding hydrogens is 370 g/mol. The first kappa shape index (κ1) is 15.6. The molecule has 0 amide bonds. The van der Waals surface area contributed by atoms with Crippen molar-refractivity contribution in [2.75, 3.05) is 12.1 Å². The van der Waals surface area contributed by atoms with Crippen LogP contribution in [0, 0.1) is 0 Å². The molecule has 2 heterocycles. The Kier molecular flexibility index (Phi) is 4.81. The summed E-state index contributed by atoms with van der Waals surface area (Å²) < 4.78 is 3.60. The highest BCUT2D eigenvalue weighted by Gasteiger charge is 2.34. The van der Waals surface area contributed by atoms with Crippen molar-refractivity contribution in [1.82, 2.24) is 14.5 Å². The van der Waals surface area contributed by atoms with E-state index < -0.39 is 0 Å². The minimum Gasteiger partial charge on any atom is -0.311 e. The SMILES string of the molecule is CSC1(Cn2c(CCCl)nc3cc(Br)cnc32)CCCC1. The summed E-state index contributed by atoms with van der Waals surface area (Å²) in [5.74, 6) is 1.66. The topological polar surface area (TPSA) is 30.7 Å².